The van der Waals surface area contributed by atoms with Crippen LogP contribution in [0.15, 0.2) is 23.0 Å². The van der Waals surface area contributed by atoms with Gasteiger partial charge in [-0.2, -0.15) is 0 Å². The third-order valence-electron chi connectivity index (χ3n) is 4.77. The number of non-ortho nitro benzene ring substituents is 1. The Kier molecular flexibility index (Phi) is 4.68. The number of thiophene rings is 1. The van der Waals surface area contributed by atoms with Crippen molar-refractivity contribution < 1.29 is 9.72 Å². The van der Waals surface area contributed by atoms with Gasteiger partial charge in [0.1, 0.15) is 10.7 Å². The summed E-state index contributed by atoms with van der Waals surface area (Å²) in [6.45, 7) is 1.73. The van der Waals surface area contributed by atoms with Gasteiger partial charge in [0.25, 0.3) is 11.2 Å². The quantitative estimate of drug-likeness (QED) is 0.505. The zero-order valence-electron chi connectivity index (χ0n) is 15.2. The summed E-state index contributed by atoms with van der Waals surface area (Å²) in [5.74, 6) is 0.180. The van der Waals surface area contributed by atoms with Crippen molar-refractivity contribution in [2.45, 2.75) is 39.0 Å². The Balaban J connectivity index is 1.47. The topological polar surface area (TPSA) is 118 Å². The van der Waals surface area contributed by atoms with Crippen LogP contribution in [0.3, 0.4) is 0 Å². The number of benzene rings is 1. The van der Waals surface area contributed by atoms with Gasteiger partial charge >= 0.3 is 0 Å². The fourth-order valence-electron chi connectivity index (χ4n) is 3.56. The summed E-state index contributed by atoms with van der Waals surface area (Å²) in [6.07, 6.45) is 3.39. The van der Waals surface area contributed by atoms with Crippen LogP contribution in [0.5, 0.6) is 0 Å². The van der Waals surface area contributed by atoms with E-state index < -0.39 is 4.92 Å². The Hall–Kier alpha value is -3.07. The molecule has 2 heterocycles. The first-order valence-corrected chi connectivity index (χ1v) is 9.82. The van der Waals surface area contributed by atoms with Crippen molar-refractivity contribution in [3.63, 3.8) is 0 Å². The lowest BCUT2D eigenvalue weighted by Crippen LogP contribution is -2.16. The molecule has 3 aromatic rings. The Morgan fingerprint density at radius 1 is 1.36 bits per heavy atom. The van der Waals surface area contributed by atoms with Gasteiger partial charge in [-0.05, 0) is 43.4 Å². The molecule has 2 aromatic heterocycles. The third-order valence-corrected chi connectivity index (χ3v) is 5.96. The SMILES string of the molecule is Cc1cc(NC(=O)CCc2nc3sc4c(c3c(=O)[nH]2)CCC4)cc([N+](=O)[O-])c1. The molecule has 0 spiro atoms. The molecular weight excluding hydrogens is 380 g/mol. The summed E-state index contributed by atoms with van der Waals surface area (Å²) in [5.41, 5.74) is 1.97. The van der Waals surface area contributed by atoms with Gasteiger partial charge < -0.3 is 10.3 Å². The fourth-order valence-corrected chi connectivity index (χ4v) is 4.84. The number of carbonyl (C=O) groups excluding carboxylic acids is 1. The minimum absolute atomic E-state index is 0.0718. The Morgan fingerprint density at radius 3 is 2.96 bits per heavy atom. The number of amides is 1. The molecule has 144 valence electrons. The number of nitrogens with zero attached hydrogens (tertiary/aromatic N) is 2. The van der Waals surface area contributed by atoms with E-state index in [1.165, 1.54) is 17.0 Å². The molecular formula is C19H18N4O4S. The maximum Gasteiger partial charge on any atom is 0.271 e. The number of nitro groups is 1. The molecule has 0 fully saturated rings. The van der Waals surface area contributed by atoms with Crippen molar-refractivity contribution in [2.24, 2.45) is 0 Å². The van der Waals surface area contributed by atoms with Crippen LogP contribution in [0.1, 0.15) is 34.7 Å². The second kappa shape index (κ2) is 7.16. The van der Waals surface area contributed by atoms with Gasteiger partial charge in [-0.25, -0.2) is 4.98 Å². The summed E-state index contributed by atoms with van der Waals surface area (Å²) in [5, 5.41) is 14.3. The monoisotopic (exact) mass is 398 g/mol. The number of anilines is 1. The molecule has 2 N–H and O–H groups in total. The van der Waals surface area contributed by atoms with Gasteiger partial charge in [0.05, 0.1) is 10.3 Å². The van der Waals surface area contributed by atoms with E-state index in [0.717, 1.165) is 29.7 Å². The smallest absolute Gasteiger partial charge is 0.271 e. The molecule has 0 unspecified atom stereocenters. The number of hydrogen-bond donors (Lipinski definition) is 2. The zero-order valence-corrected chi connectivity index (χ0v) is 16.0. The largest absolute Gasteiger partial charge is 0.326 e. The van der Waals surface area contributed by atoms with E-state index in [4.69, 9.17) is 0 Å². The molecule has 0 radical (unpaired) electrons. The van der Waals surface area contributed by atoms with E-state index in [-0.39, 0.29) is 30.0 Å². The predicted octanol–water partition coefficient (Wildman–Crippen LogP) is 3.26. The highest BCUT2D eigenvalue weighted by molar-refractivity contribution is 7.18. The number of aryl methyl sites for hydroxylation is 4. The molecule has 1 aliphatic carbocycles. The van der Waals surface area contributed by atoms with E-state index in [1.807, 2.05) is 0 Å². The number of nitrogens with one attached hydrogen (secondary N) is 2. The van der Waals surface area contributed by atoms with Gasteiger partial charge in [0, 0.05) is 35.5 Å². The van der Waals surface area contributed by atoms with Crippen molar-refractivity contribution in [3.05, 3.63) is 60.5 Å². The molecule has 4 rings (SSSR count). The molecule has 28 heavy (non-hydrogen) atoms. The lowest BCUT2D eigenvalue weighted by atomic mass is 10.2. The summed E-state index contributed by atoms with van der Waals surface area (Å²) in [7, 11) is 0. The Morgan fingerprint density at radius 2 is 2.18 bits per heavy atom. The molecule has 8 nitrogen and oxygen atoms in total. The molecule has 0 aliphatic heterocycles. The van der Waals surface area contributed by atoms with E-state index >= 15 is 0 Å². The number of fused-ring (bicyclic) bond motifs is 3. The highest BCUT2D eigenvalue weighted by Gasteiger charge is 2.21. The van der Waals surface area contributed by atoms with Crippen molar-refractivity contribution in [2.75, 3.05) is 5.32 Å². The van der Waals surface area contributed by atoms with E-state index in [1.54, 1.807) is 24.3 Å². The van der Waals surface area contributed by atoms with Crippen molar-refractivity contribution in [1.82, 2.24) is 9.97 Å². The average molecular weight is 398 g/mol. The van der Waals surface area contributed by atoms with Gasteiger partial charge in [-0.15, -0.1) is 11.3 Å². The molecule has 9 heteroatoms. The van der Waals surface area contributed by atoms with Crippen LogP contribution >= 0.6 is 11.3 Å². The lowest BCUT2D eigenvalue weighted by Gasteiger charge is -2.06. The maximum absolute atomic E-state index is 12.4. The van der Waals surface area contributed by atoms with E-state index in [0.29, 0.717) is 22.5 Å². The first-order valence-electron chi connectivity index (χ1n) is 9.00. The average Bonchev–Trinajstić information content (AvgIpc) is 3.20. The first-order chi connectivity index (χ1) is 13.4. The standard InChI is InChI=1S/C19H18N4O4S/c1-10-7-11(9-12(8-10)23(26)27)20-16(24)6-5-15-21-18(25)17-13-3-2-4-14(13)28-19(17)22-15/h7-9H,2-6H2,1H3,(H,20,24)(H,21,22,25). The van der Waals surface area contributed by atoms with Crippen LogP contribution in [-0.2, 0) is 24.1 Å². The van der Waals surface area contributed by atoms with Gasteiger partial charge in [0.2, 0.25) is 5.91 Å². The molecule has 1 aromatic carbocycles. The van der Waals surface area contributed by atoms with Crippen molar-refractivity contribution in [3.8, 4) is 0 Å². The molecule has 1 aliphatic rings. The van der Waals surface area contributed by atoms with Crippen LogP contribution in [0, 0.1) is 17.0 Å². The lowest BCUT2D eigenvalue weighted by molar-refractivity contribution is -0.384. The molecule has 0 bridgehead atoms. The van der Waals surface area contributed by atoms with Crippen LogP contribution in [-0.4, -0.2) is 20.8 Å². The van der Waals surface area contributed by atoms with Crippen LogP contribution in [0.25, 0.3) is 10.2 Å². The molecule has 0 saturated heterocycles. The number of aromatic amines is 1. The second-order valence-corrected chi connectivity index (χ2v) is 8.00. The highest BCUT2D eigenvalue weighted by Crippen LogP contribution is 2.34. The second-order valence-electron chi connectivity index (χ2n) is 6.91. The number of rotatable bonds is 5. The third kappa shape index (κ3) is 3.53. The first kappa shape index (κ1) is 18.3. The molecule has 1 amide bonds. The normalized spacial score (nSPS) is 12.9. The van der Waals surface area contributed by atoms with Crippen molar-refractivity contribution in [1.29, 1.82) is 0 Å². The number of nitro benzene ring substituents is 1. The van der Waals surface area contributed by atoms with Crippen molar-refractivity contribution >= 4 is 38.8 Å². The highest BCUT2D eigenvalue weighted by atomic mass is 32.1. The fraction of sp³-hybridized carbons (Fsp3) is 0.316. The molecule has 0 atom stereocenters. The minimum atomic E-state index is -0.495. The Bertz CT molecular complexity index is 1160. The van der Waals surface area contributed by atoms with Gasteiger partial charge in [-0.1, -0.05) is 0 Å². The summed E-state index contributed by atoms with van der Waals surface area (Å²) >= 11 is 1.56. The summed E-state index contributed by atoms with van der Waals surface area (Å²) < 4.78 is 0. The number of carbonyl (C=O) groups is 1. The van der Waals surface area contributed by atoms with Gasteiger partial charge in [-0.3, -0.25) is 19.7 Å². The van der Waals surface area contributed by atoms with E-state index in [9.17, 15) is 19.7 Å². The Labute approximate surface area is 163 Å². The number of H-pyrrole nitrogens is 1. The van der Waals surface area contributed by atoms with Gasteiger partial charge in [0.15, 0.2) is 0 Å². The zero-order chi connectivity index (χ0) is 19.8. The van der Waals surface area contributed by atoms with Crippen LogP contribution in [0.2, 0.25) is 0 Å². The number of aromatic nitrogens is 2. The number of hydrogen-bond acceptors (Lipinski definition) is 6. The van der Waals surface area contributed by atoms with E-state index in [2.05, 4.69) is 15.3 Å². The van der Waals surface area contributed by atoms with Crippen LogP contribution in [0.4, 0.5) is 11.4 Å². The predicted molar refractivity (Wildman–Crippen MR) is 107 cm³/mol. The molecule has 0 saturated carbocycles. The summed E-state index contributed by atoms with van der Waals surface area (Å²) in [4.78, 5) is 44.4. The van der Waals surface area contributed by atoms with Crippen LogP contribution < -0.4 is 10.9 Å². The maximum atomic E-state index is 12.4. The minimum Gasteiger partial charge on any atom is -0.326 e. The summed E-state index contributed by atoms with van der Waals surface area (Å²) in [6, 6.07) is 4.44.